The van der Waals surface area contributed by atoms with E-state index in [9.17, 15) is 4.79 Å². The SMILES string of the molecule is CC[C@@H](CO)NC(=O)C(C)Oc1ccc(Cl)cc1Br. The molecule has 106 valence electrons. The minimum absolute atomic E-state index is 0.0837. The van der Waals surface area contributed by atoms with Crippen molar-refractivity contribution in [3.8, 4) is 5.75 Å². The van der Waals surface area contributed by atoms with Gasteiger partial charge in [0.2, 0.25) is 0 Å². The van der Waals surface area contributed by atoms with Gasteiger partial charge in [0.1, 0.15) is 5.75 Å². The number of aliphatic hydroxyl groups excluding tert-OH is 1. The predicted octanol–water partition coefficient (Wildman–Crippen LogP) is 2.76. The summed E-state index contributed by atoms with van der Waals surface area (Å²) >= 11 is 9.15. The van der Waals surface area contributed by atoms with Crippen molar-refractivity contribution in [1.29, 1.82) is 0 Å². The molecule has 0 aliphatic heterocycles. The summed E-state index contributed by atoms with van der Waals surface area (Å²) in [6.45, 7) is 3.46. The quantitative estimate of drug-likeness (QED) is 0.829. The van der Waals surface area contributed by atoms with Gasteiger partial charge >= 0.3 is 0 Å². The number of aliphatic hydroxyl groups is 1. The summed E-state index contributed by atoms with van der Waals surface area (Å²) in [6, 6.07) is 4.84. The monoisotopic (exact) mass is 349 g/mol. The summed E-state index contributed by atoms with van der Waals surface area (Å²) in [5.41, 5.74) is 0. The molecular weight excluding hydrogens is 334 g/mol. The van der Waals surface area contributed by atoms with E-state index in [-0.39, 0.29) is 18.6 Å². The summed E-state index contributed by atoms with van der Waals surface area (Å²) in [4.78, 5) is 11.9. The second-order valence-corrected chi connectivity index (χ2v) is 5.42. The van der Waals surface area contributed by atoms with Gasteiger partial charge in [-0.05, 0) is 47.5 Å². The Labute approximate surface area is 126 Å². The molecule has 0 aliphatic rings. The van der Waals surface area contributed by atoms with Crippen molar-refractivity contribution in [2.75, 3.05) is 6.61 Å². The number of ether oxygens (including phenoxy) is 1. The molecule has 0 spiro atoms. The zero-order valence-corrected chi connectivity index (χ0v) is 13.2. The number of rotatable bonds is 6. The normalized spacial score (nSPS) is 13.7. The van der Waals surface area contributed by atoms with Crippen molar-refractivity contribution in [1.82, 2.24) is 5.32 Å². The molecule has 0 aromatic heterocycles. The fourth-order valence-electron chi connectivity index (χ4n) is 1.41. The van der Waals surface area contributed by atoms with Gasteiger partial charge in [-0.25, -0.2) is 0 Å². The van der Waals surface area contributed by atoms with Gasteiger partial charge in [-0.1, -0.05) is 18.5 Å². The average molecular weight is 351 g/mol. The molecule has 1 aromatic rings. The lowest BCUT2D eigenvalue weighted by molar-refractivity contribution is -0.128. The van der Waals surface area contributed by atoms with Gasteiger partial charge in [0, 0.05) is 5.02 Å². The van der Waals surface area contributed by atoms with Gasteiger partial charge in [-0.15, -0.1) is 0 Å². The molecule has 6 heteroatoms. The highest BCUT2D eigenvalue weighted by Crippen LogP contribution is 2.28. The zero-order valence-electron chi connectivity index (χ0n) is 10.8. The molecule has 1 rings (SSSR count). The second kappa shape index (κ2) is 7.72. The van der Waals surface area contributed by atoms with Crippen LogP contribution in [-0.4, -0.2) is 29.8 Å². The first-order chi connectivity index (χ1) is 8.97. The minimum Gasteiger partial charge on any atom is -0.480 e. The third kappa shape index (κ3) is 5.01. The van der Waals surface area contributed by atoms with Gasteiger partial charge in [0.15, 0.2) is 6.10 Å². The van der Waals surface area contributed by atoms with Crippen molar-refractivity contribution in [2.45, 2.75) is 32.4 Å². The van der Waals surface area contributed by atoms with Crippen molar-refractivity contribution < 1.29 is 14.6 Å². The molecule has 4 nitrogen and oxygen atoms in total. The molecule has 1 unspecified atom stereocenters. The fourth-order valence-corrected chi connectivity index (χ4v) is 2.19. The molecule has 1 aromatic carbocycles. The third-order valence-corrected chi connectivity index (χ3v) is 3.48. The third-order valence-electron chi connectivity index (χ3n) is 2.63. The number of halogens is 2. The summed E-state index contributed by atoms with van der Waals surface area (Å²) in [7, 11) is 0. The lowest BCUT2D eigenvalue weighted by atomic mass is 10.2. The van der Waals surface area contributed by atoms with Crippen LogP contribution in [0.15, 0.2) is 22.7 Å². The molecule has 0 aliphatic carbocycles. The van der Waals surface area contributed by atoms with E-state index in [0.717, 1.165) is 0 Å². The van der Waals surface area contributed by atoms with Gasteiger partial charge in [0.05, 0.1) is 17.1 Å². The van der Waals surface area contributed by atoms with Crippen molar-refractivity contribution in [3.05, 3.63) is 27.7 Å². The number of hydrogen-bond donors (Lipinski definition) is 2. The van der Waals surface area contributed by atoms with Crippen LogP contribution in [0.25, 0.3) is 0 Å². The number of carbonyl (C=O) groups is 1. The topological polar surface area (TPSA) is 58.6 Å². The summed E-state index contributed by atoms with van der Waals surface area (Å²) in [5.74, 6) is 0.284. The predicted molar refractivity (Wildman–Crippen MR) is 78.5 cm³/mol. The van der Waals surface area contributed by atoms with E-state index in [1.807, 2.05) is 6.92 Å². The molecular formula is C13H17BrClNO3. The molecule has 0 radical (unpaired) electrons. The van der Waals surface area contributed by atoms with Crippen molar-refractivity contribution >= 4 is 33.4 Å². The lowest BCUT2D eigenvalue weighted by Crippen LogP contribution is -2.43. The van der Waals surface area contributed by atoms with E-state index in [1.165, 1.54) is 0 Å². The first-order valence-electron chi connectivity index (χ1n) is 6.00. The summed E-state index contributed by atoms with van der Waals surface area (Å²) < 4.78 is 6.24. The molecule has 2 atom stereocenters. The van der Waals surface area contributed by atoms with Gasteiger partial charge < -0.3 is 15.2 Å². The van der Waals surface area contributed by atoms with E-state index in [0.29, 0.717) is 21.7 Å². The standard InChI is InChI=1S/C13H17BrClNO3/c1-3-10(7-17)16-13(18)8(2)19-12-5-4-9(15)6-11(12)14/h4-6,8,10,17H,3,7H2,1-2H3,(H,16,18)/t8?,10-/m0/s1. The van der Waals surface area contributed by atoms with Crippen LogP contribution >= 0.6 is 27.5 Å². The number of carbonyl (C=O) groups excluding carboxylic acids is 1. The maximum absolute atomic E-state index is 11.9. The Balaban J connectivity index is 2.63. The Morgan fingerprint density at radius 3 is 2.79 bits per heavy atom. The summed E-state index contributed by atoms with van der Waals surface area (Å²) in [5, 5.41) is 12.3. The van der Waals surface area contributed by atoms with Gasteiger partial charge in [-0.2, -0.15) is 0 Å². The lowest BCUT2D eigenvalue weighted by Gasteiger charge is -2.19. The van der Waals surface area contributed by atoms with E-state index in [2.05, 4.69) is 21.2 Å². The van der Waals surface area contributed by atoms with Crippen LogP contribution in [0.4, 0.5) is 0 Å². The Morgan fingerprint density at radius 2 is 2.26 bits per heavy atom. The molecule has 0 saturated carbocycles. The number of hydrogen-bond acceptors (Lipinski definition) is 3. The van der Waals surface area contributed by atoms with E-state index in [1.54, 1.807) is 25.1 Å². The molecule has 0 fully saturated rings. The second-order valence-electron chi connectivity index (χ2n) is 4.13. The Bertz CT molecular complexity index is 438. The number of benzene rings is 1. The molecule has 19 heavy (non-hydrogen) atoms. The Kier molecular flexibility index (Phi) is 6.62. The average Bonchev–Trinajstić information content (AvgIpc) is 2.38. The summed E-state index contributed by atoms with van der Waals surface area (Å²) in [6.07, 6.45) is 0.0117. The smallest absolute Gasteiger partial charge is 0.261 e. The first-order valence-corrected chi connectivity index (χ1v) is 7.18. The van der Waals surface area contributed by atoms with E-state index in [4.69, 9.17) is 21.4 Å². The number of nitrogens with one attached hydrogen (secondary N) is 1. The van der Waals surface area contributed by atoms with Crippen molar-refractivity contribution in [3.63, 3.8) is 0 Å². The van der Waals surface area contributed by atoms with Crippen LogP contribution in [0, 0.1) is 0 Å². The Morgan fingerprint density at radius 1 is 1.58 bits per heavy atom. The van der Waals surface area contributed by atoms with Crippen LogP contribution in [0.5, 0.6) is 5.75 Å². The Hall–Kier alpha value is -0.780. The van der Waals surface area contributed by atoms with Crippen LogP contribution in [-0.2, 0) is 4.79 Å². The van der Waals surface area contributed by atoms with Crippen LogP contribution in [0.3, 0.4) is 0 Å². The van der Waals surface area contributed by atoms with Crippen LogP contribution in [0.1, 0.15) is 20.3 Å². The zero-order chi connectivity index (χ0) is 14.4. The van der Waals surface area contributed by atoms with Crippen molar-refractivity contribution in [2.24, 2.45) is 0 Å². The minimum atomic E-state index is -0.655. The van der Waals surface area contributed by atoms with Gasteiger partial charge in [-0.3, -0.25) is 4.79 Å². The maximum Gasteiger partial charge on any atom is 0.261 e. The largest absolute Gasteiger partial charge is 0.480 e. The first kappa shape index (κ1) is 16.3. The van der Waals surface area contributed by atoms with E-state index >= 15 is 0 Å². The van der Waals surface area contributed by atoms with Gasteiger partial charge in [0.25, 0.3) is 5.91 Å². The molecule has 1 amide bonds. The maximum atomic E-state index is 11.9. The molecule has 0 heterocycles. The molecule has 2 N–H and O–H groups in total. The fraction of sp³-hybridized carbons (Fsp3) is 0.462. The van der Waals surface area contributed by atoms with Crippen LogP contribution in [0.2, 0.25) is 5.02 Å². The van der Waals surface area contributed by atoms with E-state index < -0.39 is 6.10 Å². The van der Waals surface area contributed by atoms with Crippen LogP contribution < -0.4 is 10.1 Å². The highest BCUT2D eigenvalue weighted by Gasteiger charge is 2.18. The highest BCUT2D eigenvalue weighted by molar-refractivity contribution is 9.10. The number of amides is 1. The molecule has 0 saturated heterocycles. The molecule has 0 bridgehead atoms. The highest BCUT2D eigenvalue weighted by atomic mass is 79.9.